The second-order valence-corrected chi connectivity index (χ2v) is 10.2. The van der Waals surface area contributed by atoms with Crippen molar-refractivity contribution >= 4 is 40.9 Å². The molecule has 4 rings (SSSR count). The average Bonchev–Trinajstić information content (AvgIpc) is 2.96. The van der Waals surface area contributed by atoms with Gasteiger partial charge >= 0.3 is 6.03 Å². The number of primary amides is 1. The number of nitrogens with two attached hydrogens (primary N) is 6. The Morgan fingerprint density at radius 3 is 1.51 bits per heavy atom. The molecule has 16 nitrogen and oxygen atoms in total. The van der Waals surface area contributed by atoms with Crippen molar-refractivity contribution in [2.75, 3.05) is 48.2 Å². The van der Waals surface area contributed by atoms with Crippen LogP contribution in [0, 0.1) is 0 Å². The van der Waals surface area contributed by atoms with Gasteiger partial charge < -0.3 is 58.7 Å². The zero-order valence-corrected chi connectivity index (χ0v) is 25.9. The number of hydrogen-bond acceptors (Lipinski definition) is 14. The van der Waals surface area contributed by atoms with Crippen molar-refractivity contribution in [3.8, 4) is 34.5 Å². The lowest BCUT2D eigenvalue weighted by atomic mass is 10.0. The molecular weight excluding hydrogens is 582 g/mol. The van der Waals surface area contributed by atoms with Crippen LogP contribution >= 0.6 is 0 Å². The van der Waals surface area contributed by atoms with Crippen molar-refractivity contribution in [3.63, 3.8) is 0 Å². The van der Waals surface area contributed by atoms with Crippen LogP contribution in [0.4, 0.5) is 39.7 Å². The smallest absolute Gasteiger partial charge is 0.316 e. The predicted molar refractivity (Wildman–Crippen MR) is 174 cm³/mol. The number of nitrogens with zero attached hydrogens (tertiary/aromatic N) is 4. The van der Waals surface area contributed by atoms with Gasteiger partial charge in [-0.2, -0.15) is 9.97 Å². The molecule has 0 aliphatic rings. The standard InChI is InChI=1S/C15H20N6O3.C14H19N5O2/c1-7(2)8-4-11(23-3)9(20-15(18)22)5-10(8)24-12-6-19-14(17)21-13(12)16;1-7(2)8-4-11(20-3)9(15)5-10(8)21-12-6-18-14(17)19-13(12)16/h4-7H,1-3H3,(H3,18,20,22)(H4,16,17,19,21);4-7H,15H2,1-3H3,(H4,16,17,18,19). The summed E-state index contributed by atoms with van der Waals surface area (Å²) >= 11 is 0. The second-order valence-electron chi connectivity index (χ2n) is 10.2. The van der Waals surface area contributed by atoms with E-state index >= 15 is 0 Å². The first kappa shape index (κ1) is 33.6. The van der Waals surface area contributed by atoms with E-state index in [2.05, 4.69) is 25.3 Å². The maximum Gasteiger partial charge on any atom is 0.316 e. The topological polar surface area (TPSA) is 274 Å². The fraction of sp³-hybridized carbons (Fsp3) is 0.276. The Balaban J connectivity index is 0.000000248. The molecule has 2 aromatic carbocycles. The van der Waals surface area contributed by atoms with Gasteiger partial charge in [-0.05, 0) is 24.0 Å². The van der Waals surface area contributed by atoms with Crippen LogP contribution in [0.3, 0.4) is 0 Å². The maximum absolute atomic E-state index is 11.2. The average molecular weight is 622 g/mol. The van der Waals surface area contributed by atoms with Gasteiger partial charge in [-0.3, -0.25) is 0 Å². The molecule has 0 saturated carbocycles. The zero-order chi connectivity index (χ0) is 33.4. The van der Waals surface area contributed by atoms with Crippen LogP contribution in [0.15, 0.2) is 36.7 Å². The molecule has 45 heavy (non-hydrogen) atoms. The highest BCUT2D eigenvalue weighted by atomic mass is 16.5. The monoisotopic (exact) mass is 621 g/mol. The highest BCUT2D eigenvalue weighted by Gasteiger charge is 2.18. The molecule has 0 unspecified atom stereocenters. The van der Waals surface area contributed by atoms with E-state index in [0.717, 1.165) is 11.1 Å². The van der Waals surface area contributed by atoms with E-state index in [0.29, 0.717) is 40.1 Å². The van der Waals surface area contributed by atoms with Gasteiger partial charge in [0.25, 0.3) is 0 Å². The van der Waals surface area contributed by atoms with Crippen molar-refractivity contribution < 1.29 is 23.7 Å². The molecule has 0 fully saturated rings. The minimum absolute atomic E-state index is 0.0507. The van der Waals surface area contributed by atoms with E-state index in [1.165, 1.54) is 19.5 Å². The summed E-state index contributed by atoms with van der Waals surface area (Å²) in [6.07, 6.45) is 2.81. The molecule has 240 valence electrons. The molecule has 0 spiro atoms. The number of ether oxygens (including phenoxy) is 4. The predicted octanol–water partition coefficient (Wildman–Crippen LogP) is 4.20. The van der Waals surface area contributed by atoms with Crippen molar-refractivity contribution in [1.29, 1.82) is 0 Å². The second kappa shape index (κ2) is 14.5. The minimum atomic E-state index is -0.716. The first-order chi connectivity index (χ1) is 21.2. The molecule has 16 heteroatoms. The van der Waals surface area contributed by atoms with Gasteiger partial charge in [-0.25, -0.2) is 14.8 Å². The van der Waals surface area contributed by atoms with Crippen molar-refractivity contribution in [1.82, 2.24) is 19.9 Å². The fourth-order valence-corrected chi connectivity index (χ4v) is 4.01. The van der Waals surface area contributed by atoms with E-state index < -0.39 is 6.03 Å². The van der Waals surface area contributed by atoms with E-state index in [4.69, 9.17) is 53.3 Å². The van der Waals surface area contributed by atoms with Crippen LogP contribution in [0.1, 0.15) is 50.7 Å². The third kappa shape index (κ3) is 8.56. The first-order valence-electron chi connectivity index (χ1n) is 13.6. The molecule has 2 aromatic heterocycles. The lowest BCUT2D eigenvalue weighted by molar-refractivity contribution is 0.259. The lowest BCUT2D eigenvalue weighted by Gasteiger charge is -2.18. The SMILES string of the molecule is COc1cc(C(C)C)c(Oc2cnc(N)nc2N)cc1N.COc1cc(C(C)C)c(Oc2cnc(N)nc2N)cc1NC(N)=O. The van der Waals surface area contributed by atoms with E-state index in [-0.39, 0.29) is 41.1 Å². The minimum Gasteiger partial charge on any atom is -0.495 e. The Kier molecular flexibility index (Phi) is 10.8. The van der Waals surface area contributed by atoms with Gasteiger partial charge in [0, 0.05) is 23.3 Å². The van der Waals surface area contributed by atoms with E-state index in [9.17, 15) is 4.79 Å². The molecular formula is C29H39N11O5. The quantitative estimate of drug-likeness (QED) is 0.129. The number of amides is 2. The molecule has 0 aliphatic carbocycles. The molecule has 0 saturated heterocycles. The van der Waals surface area contributed by atoms with Crippen molar-refractivity contribution in [3.05, 3.63) is 47.8 Å². The Labute approximate surface area is 260 Å². The normalized spacial score (nSPS) is 10.6. The summed E-state index contributed by atoms with van der Waals surface area (Å²) in [6.45, 7) is 8.07. The summed E-state index contributed by atoms with van der Waals surface area (Å²) in [6, 6.07) is 6.20. The lowest BCUT2D eigenvalue weighted by Crippen LogP contribution is -2.20. The Bertz CT molecular complexity index is 1660. The van der Waals surface area contributed by atoms with Gasteiger partial charge in [0.15, 0.2) is 23.1 Å². The Morgan fingerprint density at radius 1 is 0.667 bits per heavy atom. The number of methoxy groups -OCH3 is 2. The maximum atomic E-state index is 11.2. The van der Waals surface area contributed by atoms with Gasteiger partial charge in [-0.15, -0.1) is 0 Å². The summed E-state index contributed by atoms with van der Waals surface area (Å²) in [7, 11) is 3.07. The number of urea groups is 1. The number of nitrogen functional groups attached to an aromatic ring is 5. The number of anilines is 6. The third-order valence-electron chi connectivity index (χ3n) is 6.24. The number of benzene rings is 2. The van der Waals surface area contributed by atoms with Gasteiger partial charge in [0.2, 0.25) is 11.9 Å². The molecule has 2 heterocycles. The summed E-state index contributed by atoms with van der Waals surface area (Å²) in [5, 5.41) is 2.49. The third-order valence-corrected chi connectivity index (χ3v) is 6.24. The molecule has 2 amide bonds. The Hall–Kier alpha value is -5.93. The molecule has 13 N–H and O–H groups in total. The number of aromatic nitrogens is 4. The summed E-state index contributed by atoms with van der Waals surface area (Å²) in [5.41, 5.74) is 36.3. The van der Waals surface area contributed by atoms with Crippen LogP contribution in [-0.4, -0.2) is 40.2 Å². The summed E-state index contributed by atoms with van der Waals surface area (Å²) in [4.78, 5) is 26.6. The Morgan fingerprint density at radius 2 is 1.11 bits per heavy atom. The number of carbonyl (C=O) groups is 1. The van der Waals surface area contributed by atoms with Gasteiger partial charge in [-0.1, -0.05) is 27.7 Å². The van der Waals surface area contributed by atoms with Gasteiger partial charge in [0.1, 0.15) is 23.0 Å². The highest BCUT2D eigenvalue weighted by molar-refractivity contribution is 5.90. The van der Waals surface area contributed by atoms with Crippen LogP contribution in [0.25, 0.3) is 0 Å². The molecule has 0 bridgehead atoms. The van der Waals surface area contributed by atoms with Crippen LogP contribution in [0.2, 0.25) is 0 Å². The van der Waals surface area contributed by atoms with Crippen LogP contribution < -0.4 is 58.7 Å². The van der Waals surface area contributed by atoms with Crippen LogP contribution in [0.5, 0.6) is 34.5 Å². The molecule has 0 radical (unpaired) electrons. The first-order valence-corrected chi connectivity index (χ1v) is 13.6. The molecule has 0 aliphatic heterocycles. The van der Waals surface area contributed by atoms with Gasteiger partial charge in [0.05, 0.1) is 38.0 Å². The van der Waals surface area contributed by atoms with Crippen LogP contribution in [-0.2, 0) is 0 Å². The molecule has 4 aromatic rings. The largest absolute Gasteiger partial charge is 0.495 e. The number of carbonyl (C=O) groups excluding carboxylic acids is 1. The van der Waals surface area contributed by atoms with Crippen molar-refractivity contribution in [2.45, 2.75) is 39.5 Å². The van der Waals surface area contributed by atoms with Crippen molar-refractivity contribution in [2.24, 2.45) is 5.73 Å². The molecule has 0 atom stereocenters. The van der Waals surface area contributed by atoms with E-state index in [1.807, 2.05) is 33.8 Å². The highest BCUT2D eigenvalue weighted by Crippen LogP contribution is 2.40. The summed E-state index contributed by atoms with van der Waals surface area (Å²) in [5.74, 6) is 3.46. The number of rotatable bonds is 9. The number of nitrogens with one attached hydrogen (secondary N) is 1. The zero-order valence-electron chi connectivity index (χ0n) is 25.9. The fourth-order valence-electron chi connectivity index (χ4n) is 4.01. The number of hydrogen-bond donors (Lipinski definition) is 7. The van der Waals surface area contributed by atoms with E-state index in [1.54, 1.807) is 25.3 Å². The summed E-state index contributed by atoms with van der Waals surface area (Å²) < 4.78 is 22.1.